The molecule has 0 saturated carbocycles. The molecule has 2 rings (SSSR count). The monoisotopic (exact) mass is 210 g/mol. The number of methoxy groups -OCH3 is 1. The van der Waals surface area contributed by atoms with E-state index in [0.29, 0.717) is 27.7 Å². The van der Waals surface area contributed by atoms with Gasteiger partial charge in [-0.25, -0.2) is 0 Å². The van der Waals surface area contributed by atoms with Crippen molar-refractivity contribution in [1.82, 2.24) is 0 Å². The molecule has 0 saturated heterocycles. The first-order chi connectivity index (χ1) is 6.76. The number of carbonyl (C=O) groups is 1. The van der Waals surface area contributed by atoms with Gasteiger partial charge in [-0.05, 0) is 18.2 Å². The lowest BCUT2D eigenvalue weighted by Gasteiger charge is -2.01. The predicted molar refractivity (Wildman–Crippen MR) is 53.7 cm³/mol. The molecular formula is C10H7FO2S. The number of thiophene rings is 1. The third-order valence-corrected chi connectivity index (χ3v) is 2.94. The van der Waals surface area contributed by atoms with Crippen molar-refractivity contribution in [3.05, 3.63) is 28.9 Å². The average Bonchev–Trinajstić information content (AvgIpc) is 2.57. The summed E-state index contributed by atoms with van der Waals surface area (Å²) in [6.07, 6.45) is 0.716. The zero-order valence-corrected chi connectivity index (χ0v) is 8.23. The molecule has 0 fully saturated rings. The highest BCUT2D eigenvalue weighted by atomic mass is 32.1. The Kier molecular flexibility index (Phi) is 2.21. The number of fused-ring (bicyclic) bond motifs is 1. The second-order valence-corrected chi connectivity index (χ2v) is 3.77. The van der Waals surface area contributed by atoms with E-state index in [1.165, 1.54) is 13.2 Å². The summed E-state index contributed by atoms with van der Waals surface area (Å²) in [4.78, 5) is 10.7. The summed E-state index contributed by atoms with van der Waals surface area (Å²) in [6, 6.07) is 4.65. The van der Waals surface area contributed by atoms with E-state index in [-0.39, 0.29) is 5.13 Å². The third kappa shape index (κ3) is 1.28. The molecule has 0 radical (unpaired) electrons. The van der Waals surface area contributed by atoms with Crippen LogP contribution in [0.4, 0.5) is 4.39 Å². The van der Waals surface area contributed by atoms with E-state index in [1.54, 1.807) is 12.1 Å². The van der Waals surface area contributed by atoms with Crippen LogP contribution in [0.3, 0.4) is 0 Å². The van der Waals surface area contributed by atoms with E-state index in [9.17, 15) is 9.18 Å². The molecule has 4 heteroatoms. The topological polar surface area (TPSA) is 26.3 Å². The van der Waals surface area contributed by atoms with Gasteiger partial charge in [0, 0.05) is 10.9 Å². The number of aldehydes is 1. The molecule has 0 aliphatic rings. The van der Waals surface area contributed by atoms with Crippen LogP contribution in [0, 0.1) is 5.13 Å². The minimum Gasteiger partial charge on any atom is -0.495 e. The molecule has 72 valence electrons. The first-order valence-electron chi connectivity index (χ1n) is 3.97. The van der Waals surface area contributed by atoms with Crippen LogP contribution in [-0.2, 0) is 0 Å². The maximum atomic E-state index is 13.0. The molecule has 0 unspecified atom stereocenters. The normalized spacial score (nSPS) is 10.4. The number of benzene rings is 1. The number of halogens is 1. The van der Waals surface area contributed by atoms with Crippen molar-refractivity contribution < 1.29 is 13.9 Å². The number of hydrogen-bond donors (Lipinski definition) is 0. The molecule has 1 heterocycles. The van der Waals surface area contributed by atoms with E-state index in [0.717, 1.165) is 11.3 Å². The summed E-state index contributed by atoms with van der Waals surface area (Å²) in [6.45, 7) is 0. The van der Waals surface area contributed by atoms with Crippen LogP contribution >= 0.6 is 11.3 Å². The van der Waals surface area contributed by atoms with Gasteiger partial charge in [-0.1, -0.05) is 0 Å². The minimum atomic E-state index is -0.312. The van der Waals surface area contributed by atoms with Gasteiger partial charge in [0.1, 0.15) is 5.75 Å². The Balaban J connectivity index is 2.83. The summed E-state index contributed by atoms with van der Waals surface area (Å²) in [5, 5.41) is 0.300. The molecule has 0 spiro atoms. The van der Waals surface area contributed by atoms with Crippen LogP contribution in [0.1, 0.15) is 10.4 Å². The van der Waals surface area contributed by atoms with Crippen LogP contribution in [0.15, 0.2) is 18.2 Å². The highest BCUT2D eigenvalue weighted by molar-refractivity contribution is 7.18. The molecule has 2 nitrogen and oxygen atoms in total. The molecule has 0 N–H and O–H groups in total. The standard InChI is InChI=1S/C10H7FO2S/c1-13-8-3-2-6(5-12)7-4-9(11)14-10(7)8/h2-5H,1H3. The Bertz CT molecular complexity index is 490. The maximum Gasteiger partial charge on any atom is 0.177 e. The summed E-state index contributed by atoms with van der Waals surface area (Å²) in [5.74, 6) is 0.597. The van der Waals surface area contributed by atoms with Gasteiger partial charge in [0.2, 0.25) is 0 Å². The smallest absolute Gasteiger partial charge is 0.177 e. The number of carbonyl (C=O) groups excluding carboxylic acids is 1. The van der Waals surface area contributed by atoms with Crippen LogP contribution < -0.4 is 4.74 Å². The van der Waals surface area contributed by atoms with Crippen LogP contribution in [0.2, 0.25) is 0 Å². The number of hydrogen-bond acceptors (Lipinski definition) is 3. The molecule has 0 bridgehead atoms. The van der Waals surface area contributed by atoms with Gasteiger partial charge in [0.25, 0.3) is 0 Å². The zero-order valence-electron chi connectivity index (χ0n) is 7.41. The SMILES string of the molecule is COc1ccc(C=O)c2cc(F)sc12. The summed E-state index contributed by atoms with van der Waals surface area (Å²) in [7, 11) is 1.52. The van der Waals surface area contributed by atoms with Crippen molar-refractivity contribution in [3.8, 4) is 5.75 Å². The molecule has 0 amide bonds. The van der Waals surface area contributed by atoms with Crippen molar-refractivity contribution in [3.63, 3.8) is 0 Å². The van der Waals surface area contributed by atoms with Gasteiger partial charge < -0.3 is 4.74 Å². The van der Waals surface area contributed by atoms with Crippen molar-refractivity contribution in [2.24, 2.45) is 0 Å². The van der Waals surface area contributed by atoms with Gasteiger partial charge in [-0.2, -0.15) is 4.39 Å². The predicted octanol–water partition coefficient (Wildman–Crippen LogP) is 2.86. The molecule has 1 aromatic carbocycles. The Morgan fingerprint density at radius 3 is 2.93 bits per heavy atom. The summed E-state index contributed by atoms with van der Waals surface area (Å²) >= 11 is 0.982. The van der Waals surface area contributed by atoms with Crippen molar-refractivity contribution >= 4 is 27.7 Å². The van der Waals surface area contributed by atoms with Crippen LogP contribution in [-0.4, -0.2) is 13.4 Å². The quantitative estimate of drug-likeness (QED) is 0.712. The first kappa shape index (κ1) is 9.15. The average molecular weight is 210 g/mol. The number of rotatable bonds is 2. The van der Waals surface area contributed by atoms with E-state index >= 15 is 0 Å². The van der Waals surface area contributed by atoms with Crippen molar-refractivity contribution in [2.75, 3.05) is 7.11 Å². The Labute approximate surface area is 83.9 Å². The highest BCUT2D eigenvalue weighted by Gasteiger charge is 2.10. The second-order valence-electron chi connectivity index (χ2n) is 2.77. The summed E-state index contributed by atoms with van der Waals surface area (Å²) in [5.41, 5.74) is 0.487. The lowest BCUT2D eigenvalue weighted by Crippen LogP contribution is -1.85. The van der Waals surface area contributed by atoms with Gasteiger partial charge in [-0.3, -0.25) is 4.79 Å². The number of ether oxygens (including phenoxy) is 1. The maximum absolute atomic E-state index is 13.0. The lowest BCUT2D eigenvalue weighted by molar-refractivity contribution is 0.112. The fraction of sp³-hybridized carbons (Fsp3) is 0.100. The molecule has 14 heavy (non-hydrogen) atoms. The third-order valence-electron chi connectivity index (χ3n) is 2.00. The molecule has 0 atom stereocenters. The second kappa shape index (κ2) is 3.38. The molecule has 2 aromatic rings. The summed E-state index contributed by atoms with van der Waals surface area (Å²) < 4.78 is 18.7. The Morgan fingerprint density at radius 1 is 1.50 bits per heavy atom. The fourth-order valence-corrected chi connectivity index (χ4v) is 2.26. The van der Waals surface area contributed by atoms with Crippen LogP contribution in [0.25, 0.3) is 10.1 Å². The Hall–Kier alpha value is -1.42. The van der Waals surface area contributed by atoms with Gasteiger partial charge in [-0.15, -0.1) is 11.3 Å². The zero-order chi connectivity index (χ0) is 10.1. The first-order valence-corrected chi connectivity index (χ1v) is 4.79. The molecule has 0 aliphatic carbocycles. The molecule has 0 aliphatic heterocycles. The molecule has 1 aromatic heterocycles. The van der Waals surface area contributed by atoms with Crippen molar-refractivity contribution in [1.29, 1.82) is 0 Å². The lowest BCUT2D eigenvalue weighted by atomic mass is 10.1. The Morgan fingerprint density at radius 2 is 2.29 bits per heavy atom. The van der Waals surface area contributed by atoms with Gasteiger partial charge >= 0.3 is 0 Å². The van der Waals surface area contributed by atoms with E-state index < -0.39 is 0 Å². The largest absolute Gasteiger partial charge is 0.495 e. The van der Waals surface area contributed by atoms with Gasteiger partial charge in [0.05, 0.1) is 11.8 Å². The van der Waals surface area contributed by atoms with Crippen LogP contribution in [0.5, 0.6) is 5.75 Å². The van der Waals surface area contributed by atoms with E-state index in [4.69, 9.17) is 4.74 Å². The van der Waals surface area contributed by atoms with Crippen molar-refractivity contribution in [2.45, 2.75) is 0 Å². The van der Waals surface area contributed by atoms with E-state index in [2.05, 4.69) is 0 Å². The minimum absolute atomic E-state index is 0.312. The fourth-order valence-electron chi connectivity index (χ4n) is 1.35. The molecular weight excluding hydrogens is 203 g/mol. The van der Waals surface area contributed by atoms with E-state index in [1.807, 2.05) is 0 Å². The van der Waals surface area contributed by atoms with Gasteiger partial charge in [0.15, 0.2) is 11.4 Å². The highest BCUT2D eigenvalue weighted by Crippen LogP contribution is 2.34.